The fourth-order valence-corrected chi connectivity index (χ4v) is 1.87. The minimum Gasteiger partial charge on any atom is -0.506 e. The summed E-state index contributed by atoms with van der Waals surface area (Å²) in [5.74, 6) is -0.836. The van der Waals surface area contributed by atoms with Gasteiger partial charge >= 0.3 is 0 Å². The molecule has 0 fully saturated rings. The first kappa shape index (κ1) is 14.8. The van der Waals surface area contributed by atoms with Crippen molar-refractivity contribution in [2.24, 2.45) is 0 Å². The molecule has 1 aromatic carbocycles. The molecule has 0 radical (unpaired) electrons. The van der Waals surface area contributed by atoms with Gasteiger partial charge in [-0.2, -0.15) is 0 Å². The van der Waals surface area contributed by atoms with Crippen molar-refractivity contribution in [2.45, 2.75) is 13.0 Å². The van der Waals surface area contributed by atoms with Crippen LogP contribution in [0.4, 0.5) is 4.39 Å². The van der Waals surface area contributed by atoms with E-state index in [9.17, 15) is 14.3 Å². The number of aromatic hydroxyl groups is 1. The van der Waals surface area contributed by atoms with Crippen molar-refractivity contribution in [2.75, 3.05) is 7.11 Å². The minimum atomic E-state index is -0.491. The van der Waals surface area contributed by atoms with Gasteiger partial charge in [0.05, 0.1) is 24.9 Å². The molecule has 0 saturated heterocycles. The first-order valence-corrected chi connectivity index (χ1v) is 6.29. The van der Waals surface area contributed by atoms with Crippen LogP contribution < -0.4 is 10.1 Å². The number of halogens is 1. The van der Waals surface area contributed by atoms with Crippen LogP contribution in [0.25, 0.3) is 0 Å². The van der Waals surface area contributed by atoms with Crippen molar-refractivity contribution >= 4 is 5.91 Å². The van der Waals surface area contributed by atoms with Crippen LogP contribution in [0.15, 0.2) is 36.7 Å². The van der Waals surface area contributed by atoms with E-state index in [1.54, 1.807) is 13.0 Å². The van der Waals surface area contributed by atoms with Gasteiger partial charge in [-0.05, 0) is 30.7 Å². The number of rotatable bonds is 4. The maximum Gasteiger partial charge on any atom is 0.253 e. The Morgan fingerprint density at radius 3 is 2.76 bits per heavy atom. The number of pyridine rings is 1. The molecule has 21 heavy (non-hydrogen) atoms. The van der Waals surface area contributed by atoms with E-state index in [0.717, 1.165) is 0 Å². The van der Waals surface area contributed by atoms with Gasteiger partial charge in [-0.25, -0.2) is 4.39 Å². The highest BCUT2D eigenvalue weighted by molar-refractivity contribution is 5.94. The zero-order valence-electron chi connectivity index (χ0n) is 11.6. The Bertz CT molecular complexity index is 661. The normalized spacial score (nSPS) is 11.8. The standard InChI is InChI=1S/C15H15FN2O3/c1-9(10-3-4-14(21-2)13(16)6-10)18-15(20)11-5-12(19)8-17-7-11/h3-9,19H,1-2H3,(H,18,20). The van der Waals surface area contributed by atoms with Gasteiger partial charge in [0.25, 0.3) is 5.91 Å². The Morgan fingerprint density at radius 2 is 2.14 bits per heavy atom. The molecule has 2 aromatic rings. The fraction of sp³-hybridized carbons (Fsp3) is 0.200. The highest BCUT2D eigenvalue weighted by Gasteiger charge is 2.14. The van der Waals surface area contributed by atoms with Gasteiger partial charge in [0.1, 0.15) is 5.75 Å². The topological polar surface area (TPSA) is 71.5 Å². The minimum absolute atomic E-state index is 0.0919. The molecule has 1 unspecified atom stereocenters. The van der Waals surface area contributed by atoms with E-state index in [1.165, 1.54) is 37.7 Å². The first-order valence-electron chi connectivity index (χ1n) is 6.29. The van der Waals surface area contributed by atoms with Gasteiger partial charge in [-0.1, -0.05) is 6.07 Å². The number of methoxy groups -OCH3 is 1. The molecule has 0 spiro atoms. The van der Waals surface area contributed by atoms with Crippen LogP contribution in [-0.2, 0) is 0 Å². The molecule has 0 aliphatic rings. The molecule has 0 saturated carbocycles. The van der Waals surface area contributed by atoms with E-state index in [-0.39, 0.29) is 17.1 Å². The lowest BCUT2D eigenvalue weighted by Crippen LogP contribution is -2.26. The van der Waals surface area contributed by atoms with Crippen LogP contribution in [-0.4, -0.2) is 23.1 Å². The molecule has 6 heteroatoms. The molecule has 1 amide bonds. The third kappa shape index (κ3) is 3.47. The number of benzene rings is 1. The number of hydrogen-bond acceptors (Lipinski definition) is 4. The number of carbonyl (C=O) groups is 1. The lowest BCUT2D eigenvalue weighted by atomic mass is 10.1. The van der Waals surface area contributed by atoms with E-state index in [1.807, 2.05) is 0 Å². The van der Waals surface area contributed by atoms with Gasteiger partial charge in [-0.3, -0.25) is 9.78 Å². The molecule has 0 aliphatic heterocycles. The zero-order valence-corrected chi connectivity index (χ0v) is 11.6. The zero-order chi connectivity index (χ0) is 15.4. The number of aromatic nitrogens is 1. The van der Waals surface area contributed by atoms with Gasteiger partial charge in [0.2, 0.25) is 0 Å². The van der Waals surface area contributed by atoms with Crippen molar-refractivity contribution in [1.29, 1.82) is 0 Å². The molecule has 1 aromatic heterocycles. The second kappa shape index (κ2) is 6.21. The van der Waals surface area contributed by atoms with Crippen molar-refractivity contribution < 1.29 is 19.0 Å². The summed E-state index contributed by atoms with van der Waals surface area (Å²) in [4.78, 5) is 15.7. The summed E-state index contributed by atoms with van der Waals surface area (Å²) in [6, 6.07) is 5.39. The summed E-state index contributed by atoms with van der Waals surface area (Å²) in [6.07, 6.45) is 2.58. The second-order valence-electron chi connectivity index (χ2n) is 4.52. The maximum atomic E-state index is 13.6. The molecule has 2 rings (SSSR count). The van der Waals surface area contributed by atoms with Crippen molar-refractivity contribution in [3.63, 3.8) is 0 Å². The van der Waals surface area contributed by atoms with E-state index >= 15 is 0 Å². The first-order chi connectivity index (χ1) is 10.0. The highest BCUT2D eigenvalue weighted by atomic mass is 19.1. The average Bonchev–Trinajstić information content (AvgIpc) is 2.47. The Morgan fingerprint density at radius 1 is 1.38 bits per heavy atom. The number of ether oxygens (including phenoxy) is 1. The van der Waals surface area contributed by atoms with Gasteiger partial charge in [0.15, 0.2) is 11.6 Å². The summed E-state index contributed by atoms with van der Waals surface area (Å²) in [5, 5.41) is 12.0. The smallest absolute Gasteiger partial charge is 0.253 e. The number of nitrogens with one attached hydrogen (secondary N) is 1. The molecular weight excluding hydrogens is 275 g/mol. The van der Waals surface area contributed by atoms with Gasteiger partial charge in [-0.15, -0.1) is 0 Å². The maximum absolute atomic E-state index is 13.6. The average molecular weight is 290 g/mol. The molecule has 5 nitrogen and oxygen atoms in total. The highest BCUT2D eigenvalue weighted by Crippen LogP contribution is 2.22. The Labute approximate surface area is 121 Å². The Kier molecular flexibility index (Phi) is 4.37. The van der Waals surface area contributed by atoms with Crippen molar-refractivity contribution in [3.8, 4) is 11.5 Å². The van der Waals surface area contributed by atoms with Crippen LogP contribution in [0, 0.1) is 5.82 Å². The SMILES string of the molecule is COc1ccc(C(C)NC(=O)c2cncc(O)c2)cc1F. The van der Waals surface area contributed by atoms with Crippen LogP contribution in [0.5, 0.6) is 11.5 Å². The largest absolute Gasteiger partial charge is 0.506 e. The second-order valence-corrected chi connectivity index (χ2v) is 4.52. The van der Waals surface area contributed by atoms with Crippen LogP contribution in [0.3, 0.4) is 0 Å². The summed E-state index contributed by atoms with van der Waals surface area (Å²) >= 11 is 0. The van der Waals surface area contributed by atoms with E-state index in [2.05, 4.69) is 10.3 Å². The molecule has 0 aliphatic carbocycles. The predicted octanol–water partition coefficient (Wildman–Crippen LogP) is 2.43. The quantitative estimate of drug-likeness (QED) is 0.907. The Hall–Kier alpha value is -2.63. The summed E-state index contributed by atoms with van der Waals surface area (Å²) in [5.41, 5.74) is 0.839. The summed E-state index contributed by atoms with van der Waals surface area (Å²) < 4.78 is 18.5. The van der Waals surface area contributed by atoms with Crippen LogP contribution in [0.2, 0.25) is 0 Å². The summed E-state index contributed by atoms with van der Waals surface area (Å²) in [7, 11) is 1.39. The molecule has 0 bridgehead atoms. The lowest BCUT2D eigenvalue weighted by molar-refractivity contribution is 0.0939. The van der Waals surface area contributed by atoms with Crippen LogP contribution in [0.1, 0.15) is 28.9 Å². The predicted molar refractivity (Wildman–Crippen MR) is 74.7 cm³/mol. The van der Waals surface area contributed by atoms with Gasteiger partial charge in [0, 0.05) is 6.20 Å². The molecular formula is C15H15FN2O3. The number of carbonyl (C=O) groups excluding carboxylic acids is 1. The third-order valence-corrected chi connectivity index (χ3v) is 3.01. The molecule has 1 heterocycles. The molecule has 1 atom stereocenters. The van der Waals surface area contributed by atoms with Crippen LogP contribution >= 0.6 is 0 Å². The van der Waals surface area contributed by atoms with Crippen molar-refractivity contribution in [3.05, 3.63) is 53.6 Å². The summed E-state index contributed by atoms with van der Waals surface area (Å²) in [6.45, 7) is 1.73. The number of amides is 1. The van der Waals surface area contributed by atoms with E-state index in [0.29, 0.717) is 5.56 Å². The Balaban J connectivity index is 2.12. The number of nitrogens with zero attached hydrogens (tertiary/aromatic N) is 1. The molecule has 2 N–H and O–H groups in total. The van der Waals surface area contributed by atoms with Gasteiger partial charge < -0.3 is 15.2 Å². The monoisotopic (exact) mass is 290 g/mol. The van der Waals surface area contributed by atoms with E-state index in [4.69, 9.17) is 4.74 Å². The van der Waals surface area contributed by atoms with Crippen molar-refractivity contribution in [1.82, 2.24) is 10.3 Å². The third-order valence-electron chi connectivity index (χ3n) is 3.01. The fourth-order valence-electron chi connectivity index (χ4n) is 1.87. The number of hydrogen-bond donors (Lipinski definition) is 2. The lowest BCUT2D eigenvalue weighted by Gasteiger charge is -2.15. The molecule has 110 valence electrons. The van der Waals surface area contributed by atoms with E-state index < -0.39 is 17.8 Å².